The molecule has 1 aliphatic heterocycles. The molecule has 2 atom stereocenters. The summed E-state index contributed by atoms with van der Waals surface area (Å²) < 4.78 is 0. The lowest BCUT2D eigenvalue weighted by Gasteiger charge is -2.36. The summed E-state index contributed by atoms with van der Waals surface area (Å²) >= 11 is 6.04. The Balaban J connectivity index is 2.00. The molecule has 2 rings (SSSR count). The normalized spacial score (nSPS) is 22.9. The number of piperidine rings is 1. The summed E-state index contributed by atoms with van der Waals surface area (Å²) in [7, 11) is 0. The van der Waals surface area contributed by atoms with E-state index in [1.807, 2.05) is 12.1 Å². The Hall–Kier alpha value is -0.570. The first-order chi connectivity index (χ1) is 8.65. The minimum atomic E-state index is 0.287. The minimum absolute atomic E-state index is 0.287. The van der Waals surface area contributed by atoms with Crippen LogP contribution in [0.2, 0.25) is 5.02 Å². The molecule has 0 aliphatic carbocycles. The van der Waals surface area contributed by atoms with Gasteiger partial charge in [-0.05, 0) is 50.4 Å². The van der Waals surface area contributed by atoms with Crippen LogP contribution in [0.5, 0.6) is 0 Å². The van der Waals surface area contributed by atoms with Crippen molar-refractivity contribution in [3.63, 3.8) is 0 Å². The van der Waals surface area contributed by atoms with Gasteiger partial charge in [-0.1, -0.05) is 30.2 Å². The maximum atomic E-state index is 6.04. The first-order valence-electron chi connectivity index (χ1n) is 6.89. The minimum Gasteiger partial charge on any atom is -0.328 e. The molecule has 1 aliphatic rings. The molecule has 1 fully saturated rings. The Morgan fingerprint density at radius 2 is 2.28 bits per heavy atom. The van der Waals surface area contributed by atoms with Crippen LogP contribution in [-0.4, -0.2) is 23.5 Å². The summed E-state index contributed by atoms with van der Waals surface area (Å²) in [6.45, 7) is 4.29. The first kappa shape index (κ1) is 13.9. The highest BCUT2D eigenvalue weighted by Gasteiger charge is 2.23. The van der Waals surface area contributed by atoms with Gasteiger partial charge in [0.05, 0.1) is 0 Å². The van der Waals surface area contributed by atoms with Crippen molar-refractivity contribution in [2.24, 2.45) is 5.73 Å². The molecule has 1 heterocycles. The molecule has 1 aromatic rings. The summed E-state index contributed by atoms with van der Waals surface area (Å²) in [5.74, 6) is 0. The molecule has 0 spiro atoms. The van der Waals surface area contributed by atoms with Gasteiger partial charge in [0.15, 0.2) is 0 Å². The zero-order chi connectivity index (χ0) is 13.0. The molecule has 0 aromatic heterocycles. The zero-order valence-electron chi connectivity index (χ0n) is 11.1. The van der Waals surface area contributed by atoms with Gasteiger partial charge in [-0.15, -0.1) is 0 Å². The highest BCUT2D eigenvalue weighted by Crippen LogP contribution is 2.23. The highest BCUT2D eigenvalue weighted by atomic mass is 35.5. The fourth-order valence-electron chi connectivity index (χ4n) is 2.83. The number of nitrogens with two attached hydrogens (primary N) is 1. The Kier molecular flexibility index (Phi) is 5.04. The Labute approximate surface area is 115 Å². The molecular weight excluding hydrogens is 244 g/mol. The number of benzene rings is 1. The zero-order valence-corrected chi connectivity index (χ0v) is 11.9. The topological polar surface area (TPSA) is 29.3 Å². The first-order valence-corrected chi connectivity index (χ1v) is 7.27. The van der Waals surface area contributed by atoms with Gasteiger partial charge < -0.3 is 5.73 Å². The van der Waals surface area contributed by atoms with Gasteiger partial charge in [0.1, 0.15) is 0 Å². The van der Waals surface area contributed by atoms with Gasteiger partial charge in [-0.2, -0.15) is 0 Å². The van der Waals surface area contributed by atoms with Crippen molar-refractivity contribution in [3.8, 4) is 0 Å². The third-order valence-electron chi connectivity index (χ3n) is 3.67. The van der Waals surface area contributed by atoms with Crippen molar-refractivity contribution in [2.75, 3.05) is 6.54 Å². The quantitative estimate of drug-likeness (QED) is 0.905. The molecule has 2 nitrogen and oxygen atoms in total. The molecule has 1 aromatic carbocycles. The molecule has 2 unspecified atom stereocenters. The maximum Gasteiger partial charge on any atom is 0.0409 e. The second-order valence-corrected chi connectivity index (χ2v) is 5.90. The highest BCUT2D eigenvalue weighted by molar-refractivity contribution is 6.30. The molecule has 18 heavy (non-hydrogen) atoms. The standard InChI is InChI=1S/C15H23ClN2/c1-12(17)9-15-7-2-3-8-18(15)11-13-5-4-6-14(16)10-13/h4-6,10,12,15H,2-3,7-9,11,17H2,1H3. The molecular formula is C15H23ClN2. The van der Waals surface area contributed by atoms with Gasteiger partial charge in [-0.3, -0.25) is 4.90 Å². The predicted molar refractivity (Wildman–Crippen MR) is 77.8 cm³/mol. The lowest BCUT2D eigenvalue weighted by Crippen LogP contribution is -2.41. The van der Waals surface area contributed by atoms with E-state index in [2.05, 4.69) is 24.0 Å². The molecule has 0 radical (unpaired) electrons. The Morgan fingerprint density at radius 1 is 1.44 bits per heavy atom. The number of likely N-dealkylation sites (tertiary alicyclic amines) is 1. The van der Waals surface area contributed by atoms with Crippen molar-refractivity contribution in [1.82, 2.24) is 4.90 Å². The molecule has 0 saturated carbocycles. The predicted octanol–water partition coefficient (Wildman–Crippen LogP) is 3.43. The van der Waals surface area contributed by atoms with E-state index in [1.165, 1.54) is 31.4 Å². The van der Waals surface area contributed by atoms with Crippen molar-refractivity contribution in [1.29, 1.82) is 0 Å². The average Bonchev–Trinajstić information content (AvgIpc) is 2.31. The molecule has 2 N–H and O–H groups in total. The number of hydrogen-bond donors (Lipinski definition) is 1. The van der Waals surface area contributed by atoms with Crippen LogP contribution in [0.1, 0.15) is 38.2 Å². The molecule has 1 saturated heterocycles. The van der Waals surface area contributed by atoms with E-state index in [0.29, 0.717) is 6.04 Å². The van der Waals surface area contributed by atoms with Crippen molar-refractivity contribution >= 4 is 11.6 Å². The average molecular weight is 267 g/mol. The fraction of sp³-hybridized carbons (Fsp3) is 0.600. The van der Waals surface area contributed by atoms with E-state index >= 15 is 0 Å². The van der Waals surface area contributed by atoms with E-state index in [-0.39, 0.29) is 6.04 Å². The Morgan fingerprint density at radius 3 is 3.00 bits per heavy atom. The Bertz CT molecular complexity index is 379. The summed E-state index contributed by atoms with van der Waals surface area (Å²) in [4.78, 5) is 2.57. The monoisotopic (exact) mass is 266 g/mol. The van der Waals surface area contributed by atoms with E-state index in [4.69, 9.17) is 17.3 Å². The van der Waals surface area contributed by atoms with Gasteiger partial charge in [0.2, 0.25) is 0 Å². The SMILES string of the molecule is CC(N)CC1CCCCN1Cc1cccc(Cl)c1. The van der Waals surface area contributed by atoms with Crippen LogP contribution in [0.3, 0.4) is 0 Å². The summed E-state index contributed by atoms with van der Waals surface area (Å²) in [5.41, 5.74) is 7.26. The largest absolute Gasteiger partial charge is 0.328 e. The maximum absolute atomic E-state index is 6.04. The third-order valence-corrected chi connectivity index (χ3v) is 3.90. The third kappa shape index (κ3) is 3.98. The van der Waals surface area contributed by atoms with E-state index < -0.39 is 0 Å². The molecule has 3 heteroatoms. The second kappa shape index (κ2) is 6.55. The summed E-state index contributed by atoms with van der Waals surface area (Å²) in [6.07, 6.45) is 5.02. The van der Waals surface area contributed by atoms with Gasteiger partial charge >= 0.3 is 0 Å². The number of hydrogen-bond acceptors (Lipinski definition) is 2. The summed E-state index contributed by atoms with van der Waals surface area (Å²) in [6, 6.07) is 9.11. The molecule has 100 valence electrons. The van der Waals surface area contributed by atoms with Gasteiger partial charge in [-0.25, -0.2) is 0 Å². The van der Waals surface area contributed by atoms with E-state index in [9.17, 15) is 0 Å². The lowest BCUT2D eigenvalue weighted by atomic mass is 9.96. The van der Waals surface area contributed by atoms with Gasteiger partial charge in [0, 0.05) is 23.7 Å². The van der Waals surface area contributed by atoms with Crippen LogP contribution >= 0.6 is 11.6 Å². The molecule has 0 bridgehead atoms. The van der Waals surface area contributed by atoms with Gasteiger partial charge in [0.25, 0.3) is 0 Å². The lowest BCUT2D eigenvalue weighted by molar-refractivity contribution is 0.127. The van der Waals surface area contributed by atoms with Crippen molar-refractivity contribution in [3.05, 3.63) is 34.9 Å². The van der Waals surface area contributed by atoms with E-state index in [1.54, 1.807) is 0 Å². The molecule has 0 amide bonds. The van der Waals surface area contributed by atoms with Crippen molar-refractivity contribution in [2.45, 2.75) is 51.2 Å². The van der Waals surface area contributed by atoms with Crippen molar-refractivity contribution < 1.29 is 0 Å². The number of rotatable bonds is 4. The summed E-state index contributed by atoms with van der Waals surface area (Å²) in [5, 5.41) is 0.827. The van der Waals surface area contributed by atoms with Crippen LogP contribution in [0.15, 0.2) is 24.3 Å². The number of halogens is 1. The fourth-order valence-corrected chi connectivity index (χ4v) is 3.05. The van der Waals surface area contributed by atoms with Crippen LogP contribution in [0.4, 0.5) is 0 Å². The van der Waals surface area contributed by atoms with E-state index in [0.717, 1.165) is 18.0 Å². The van der Waals surface area contributed by atoms with Crippen LogP contribution in [-0.2, 0) is 6.54 Å². The smallest absolute Gasteiger partial charge is 0.0409 e. The van der Waals surface area contributed by atoms with Crippen LogP contribution < -0.4 is 5.73 Å². The van der Waals surface area contributed by atoms with Crippen LogP contribution in [0.25, 0.3) is 0 Å². The second-order valence-electron chi connectivity index (χ2n) is 5.46. The number of nitrogens with zero attached hydrogens (tertiary/aromatic N) is 1. The van der Waals surface area contributed by atoms with Crippen LogP contribution in [0, 0.1) is 0 Å².